The van der Waals surface area contributed by atoms with E-state index in [0.29, 0.717) is 5.69 Å². The molecule has 0 atom stereocenters. The normalized spacial score (nSPS) is 10.9. The van der Waals surface area contributed by atoms with Crippen LogP contribution in [0.5, 0.6) is 0 Å². The van der Waals surface area contributed by atoms with Crippen molar-refractivity contribution >= 4 is 21.8 Å². The van der Waals surface area contributed by atoms with Crippen LogP contribution in [0.2, 0.25) is 0 Å². The van der Waals surface area contributed by atoms with Crippen LogP contribution < -0.4 is 15.8 Å². The molecule has 18 heavy (non-hydrogen) atoms. The maximum atomic E-state index is 11.9. The molecule has 9 heteroatoms. The fraction of sp³-hybridized carbons (Fsp3) is 0.333. The summed E-state index contributed by atoms with van der Waals surface area (Å²) in [6, 6.07) is 1.54. The Hall–Kier alpha value is -1.87. The van der Waals surface area contributed by atoms with Crippen LogP contribution >= 0.6 is 0 Å². The van der Waals surface area contributed by atoms with Gasteiger partial charge in [0.2, 0.25) is 10.0 Å². The largest absolute Gasteiger partial charge is 0.448 e. The molecule has 1 amide bonds. The van der Waals surface area contributed by atoms with Gasteiger partial charge in [0.1, 0.15) is 11.5 Å². The lowest BCUT2D eigenvalue weighted by atomic mass is 10.4. The van der Waals surface area contributed by atoms with E-state index in [9.17, 15) is 13.2 Å². The zero-order chi connectivity index (χ0) is 13.6. The van der Waals surface area contributed by atoms with E-state index in [4.69, 9.17) is 5.73 Å². The van der Waals surface area contributed by atoms with Gasteiger partial charge in [-0.15, -0.1) is 0 Å². The van der Waals surface area contributed by atoms with E-state index in [1.807, 2.05) is 0 Å². The van der Waals surface area contributed by atoms with Crippen molar-refractivity contribution in [3.05, 3.63) is 18.5 Å². The van der Waals surface area contributed by atoms with Crippen LogP contribution in [0.25, 0.3) is 0 Å². The summed E-state index contributed by atoms with van der Waals surface area (Å²) in [6.07, 6.45) is 1.75. The van der Waals surface area contributed by atoms with Gasteiger partial charge in [0.25, 0.3) is 0 Å². The Labute approximate surface area is 105 Å². The quantitative estimate of drug-likeness (QED) is 0.601. The summed E-state index contributed by atoms with van der Waals surface area (Å²) in [5.41, 5.74) is 5.17. The van der Waals surface area contributed by atoms with Crippen molar-refractivity contribution in [2.45, 2.75) is 4.90 Å². The van der Waals surface area contributed by atoms with Gasteiger partial charge < -0.3 is 15.8 Å². The molecule has 1 heterocycles. The second-order valence-corrected chi connectivity index (χ2v) is 4.92. The summed E-state index contributed by atoms with van der Waals surface area (Å²) in [4.78, 5) is 14.1. The van der Waals surface area contributed by atoms with Gasteiger partial charge in [-0.05, 0) is 6.07 Å². The van der Waals surface area contributed by atoms with Gasteiger partial charge in [0.15, 0.2) is 0 Å². The van der Waals surface area contributed by atoms with Crippen molar-refractivity contribution in [2.24, 2.45) is 5.73 Å². The number of nitrogens with two attached hydrogens (primary N) is 1. The minimum absolute atomic E-state index is 0.0200. The monoisotopic (exact) mass is 274 g/mol. The number of nitrogens with zero attached hydrogens (tertiary/aromatic N) is 1. The number of nitrogens with one attached hydrogen (secondary N) is 2. The Kier molecular flexibility index (Phi) is 4.86. The van der Waals surface area contributed by atoms with Crippen molar-refractivity contribution in [3.8, 4) is 0 Å². The molecule has 0 saturated carbocycles. The number of amides is 1. The average molecular weight is 274 g/mol. The first-order valence-electron chi connectivity index (χ1n) is 5.01. The Morgan fingerprint density at radius 2 is 2.28 bits per heavy atom. The highest BCUT2D eigenvalue weighted by Crippen LogP contribution is 2.18. The average Bonchev–Trinajstić information content (AvgIpc) is 2.34. The number of carbonyl (C=O) groups is 1. The first-order valence-corrected chi connectivity index (χ1v) is 6.49. The number of primary amides is 1. The van der Waals surface area contributed by atoms with Crippen LogP contribution in [-0.2, 0) is 14.8 Å². The molecular weight excluding hydrogens is 260 g/mol. The summed E-state index contributed by atoms with van der Waals surface area (Å²) in [7, 11) is -2.11. The predicted octanol–water partition coefficient (Wildman–Crippen LogP) is -0.503. The third-order valence-electron chi connectivity index (χ3n) is 1.98. The molecule has 8 nitrogen and oxygen atoms in total. The second-order valence-electron chi connectivity index (χ2n) is 3.19. The first-order chi connectivity index (χ1) is 8.47. The maximum Gasteiger partial charge on any atom is 0.404 e. The second kappa shape index (κ2) is 6.17. The molecule has 0 unspecified atom stereocenters. The van der Waals surface area contributed by atoms with Gasteiger partial charge in [0, 0.05) is 26.0 Å². The topological polar surface area (TPSA) is 123 Å². The van der Waals surface area contributed by atoms with Gasteiger partial charge in [0.05, 0.1) is 5.69 Å². The van der Waals surface area contributed by atoms with Crippen molar-refractivity contribution in [1.29, 1.82) is 0 Å². The van der Waals surface area contributed by atoms with Crippen molar-refractivity contribution in [1.82, 2.24) is 9.71 Å². The number of rotatable bonds is 6. The summed E-state index contributed by atoms with van der Waals surface area (Å²) in [6.45, 7) is -0.201. The van der Waals surface area contributed by atoms with Gasteiger partial charge in [-0.25, -0.2) is 17.9 Å². The van der Waals surface area contributed by atoms with Gasteiger partial charge in [-0.3, -0.25) is 4.98 Å². The SMILES string of the molecule is CNc1ccncc1S(=O)(=O)NCCOC(N)=O. The summed E-state index contributed by atoms with van der Waals surface area (Å²) in [5.74, 6) is 0. The number of aromatic nitrogens is 1. The molecule has 0 spiro atoms. The van der Waals surface area contributed by atoms with E-state index in [2.05, 4.69) is 19.8 Å². The van der Waals surface area contributed by atoms with E-state index < -0.39 is 16.1 Å². The van der Waals surface area contributed by atoms with E-state index in [1.54, 1.807) is 7.05 Å². The number of hydrogen-bond donors (Lipinski definition) is 3. The molecule has 100 valence electrons. The fourth-order valence-corrected chi connectivity index (χ4v) is 2.37. The van der Waals surface area contributed by atoms with Crippen LogP contribution in [0.4, 0.5) is 10.5 Å². The number of sulfonamides is 1. The van der Waals surface area contributed by atoms with Crippen molar-refractivity contribution < 1.29 is 17.9 Å². The highest BCUT2D eigenvalue weighted by molar-refractivity contribution is 7.89. The molecule has 0 radical (unpaired) electrons. The molecule has 1 rings (SSSR count). The fourth-order valence-electron chi connectivity index (χ4n) is 1.21. The van der Waals surface area contributed by atoms with Crippen LogP contribution in [0.3, 0.4) is 0 Å². The van der Waals surface area contributed by atoms with E-state index in [1.165, 1.54) is 18.5 Å². The third kappa shape index (κ3) is 3.86. The van der Waals surface area contributed by atoms with Crippen LogP contribution in [0.15, 0.2) is 23.4 Å². The van der Waals surface area contributed by atoms with Gasteiger partial charge >= 0.3 is 6.09 Å². The summed E-state index contributed by atoms with van der Waals surface area (Å²) in [5, 5.41) is 2.75. The molecule has 0 aliphatic carbocycles. The van der Waals surface area contributed by atoms with Gasteiger partial charge in [-0.2, -0.15) is 0 Å². The smallest absolute Gasteiger partial charge is 0.404 e. The van der Waals surface area contributed by atoms with E-state index >= 15 is 0 Å². The van der Waals surface area contributed by atoms with E-state index in [0.717, 1.165) is 0 Å². The number of ether oxygens (including phenoxy) is 1. The molecule has 1 aromatic heterocycles. The Morgan fingerprint density at radius 1 is 1.56 bits per heavy atom. The number of anilines is 1. The molecule has 0 fully saturated rings. The molecule has 0 aromatic carbocycles. The van der Waals surface area contributed by atoms with Crippen LogP contribution in [0.1, 0.15) is 0 Å². The zero-order valence-corrected chi connectivity index (χ0v) is 10.5. The number of hydrogen-bond acceptors (Lipinski definition) is 6. The lowest BCUT2D eigenvalue weighted by molar-refractivity contribution is 0.159. The lowest BCUT2D eigenvalue weighted by Gasteiger charge is -2.10. The zero-order valence-electron chi connectivity index (χ0n) is 9.71. The summed E-state index contributed by atoms with van der Waals surface area (Å²) >= 11 is 0. The molecule has 0 bridgehead atoms. The van der Waals surface area contributed by atoms with E-state index in [-0.39, 0.29) is 18.0 Å². The Balaban J connectivity index is 2.71. The summed E-state index contributed by atoms with van der Waals surface area (Å²) < 4.78 is 30.5. The third-order valence-corrected chi connectivity index (χ3v) is 3.47. The highest BCUT2D eigenvalue weighted by Gasteiger charge is 2.17. The van der Waals surface area contributed by atoms with Crippen molar-refractivity contribution in [3.63, 3.8) is 0 Å². The lowest BCUT2D eigenvalue weighted by Crippen LogP contribution is -2.29. The molecular formula is C9H14N4O4S. The van der Waals surface area contributed by atoms with Crippen LogP contribution in [0, 0.1) is 0 Å². The molecule has 4 N–H and O–H groups in total. The Morgan fingerprint density at radius 3 is 2.89 bits per heavy atom. The molecule has 0 aliphatic heterocycles. The molecule has 0 aliphatic rings. The van der Waals surface area contributed by atoms with Gasteiger partial charge in [-0.1, -0.05) is 0 Å². The highest BCUT2D eigenvalue weighted by atomic mass is 32.2. The van der Waals surface area contributed by atoms with Crippen LogP contribution in [-0.4, -0.2) is 39.7 Å². The standard InChI is InChI=1S/C9H14N4O4S/c1-11-7-2-3-12-6-8(7)18(15,16)13-4-5-17-9(10)14/h2-3,6,13H,4-5H2,1H3,(H2,10,14)(H,11,12). The molecule has 0 saturated heterocycles. The number of carbonyl (C=O) groups excluding carboxylic acids is 1. The number of pyridine rings is 1. The first kappa shape index (κ1) is 14.2. The minimum Gasteiger partial charge on any atom is -0.448 e. The van der Waals surface area contributed by atoms with Crippen molar-refractivity contribution in [2.75, 3.05) is 25.5 Å². The maximum absolute atomic E-state index is 11.9. The minimum atomic E-state index is -3.71. The predicted molar refractivity (Wildman–Crippen MR) is 64.5 cm³/mol. The Bertz CT molecular complexity index is 517. The molecule has 1 aromatic rings.